The number of hydrogen-bond acceptors (Lipinski definition) is 2. The number of aromatic nitrogens is 1. The molecule has 2 N–H and O–H groups in total. The molecule has 0 spiro atoms. The van der Waals surface area contributed by atoms with Crippen LogP contribution < -0.4 is 5.32 Å². The van der Waals surface area contributed by atoms with Gasteiger partial charge in [0.1, 0.15) is 5.82 Å². The predicted octanol–water partition coefficient (Wildman–Crippen LogP) is 5.84. The number of aromatic amines is 1. The lowest BCUT2D eigenvalue weighted by molar-refractivity contribution is 0.0770. The van der Waals surface area contributed by atoms with Gasteiger partial charge < -0.3 is 15.2 Å². The molecule has 0 radical (unpaired) electrons. The van der Waals surface area contributed by atoms with Crippen LogP contribution in [0.15, 0.2) is 54.7 Å². The maximum absolute atomic E-state index is 13.8. The third-order valence-corrected chi connectivity index (χ3v) is 8.54. The van der Waals surface area contributed by atoms with E-state index in [-0.39, 0.29) is 17.4 Å². The van der Waals surface area contributed by atoms with Crippen molar-refractivity contribution in [1.82, 2.24) is 20.1 Å². The summed E-state index contributed by atoms with van der Waals surface area (Å²) >= 11 is 0. The highest BCUT2D eigenvalue weighted by Crippen LogP contribution is 2.43. The summed E-state index contributed by atoms with van der Waals surface area (Å²) in [7, 11) is 4.37. The maximum atomic E-state index is 13.8. The van der Waals surface area contributed by atoms with Gasteiger partial charge in [0.05, 0.1) is 0 Å². The number of amides is 2. The number of fused-ring (bicyclic) bond motifs is 1. The molecule has 3 aromatic rings. The number of halogens is 1. The van der Waals surface area contributed by atoms with Gasteiger partial charge in [-0.15, -0.1) is 0 Å². The number of H-pyrrole nitrogens is 1. The van der Waals surface area contributed by atoms with Gasteiger partial charge in [-0.05, 0) is 93.8 Å². The number of nitrogens with one attached hydrogen (secondary N) is 2. The molecule has 2 fully saturated rings. The zero-order chi connectivity index (χ0) is 24.4. The molecule has 2 amide bonds. The molecule has 35 heavy (non-hydrogen) atoms. The van der Waals surface area contributed by atoms with Crippen LogP contribution in [-0.4, -0.2) is 54.5 Å². The van der Waals surface area contributed by atoms with E-state index in [4.69, 9.17) is 0 Å². The Balaban J connectivity index is 1.11. The van der Waals surface area contributed by atoms with E-state index in [1.807, 2.05) is 11.1 Å². The molecule has 1 aromatic heterocycles. The lowest BCUT2D eigenvalue weighted by atomic mass is 9.72. The van der Waals surface area contributed by atoms with Crippen molar-refractivity contribution >= 4 is 16.9 Å². The largest absolute Gasteiger partial charge is 0.361 e. The van der Waals surface area contributed by atoms with Gasteiger partial charge in [0, 0.05) is 42.3 Å². The van der Waals surface area contributed by atoms with Crippen LogP contribution in [0, 0.1) is 11.7 Å². The van der Waals surface area contributed by atoms with Gasteiger partial charge in [0.2, 0.25) is 0 Å². The highest BCUT2D eigenvalue weighted by Gasteiger charge is 2.38. The molecule has 1 aliphatic carbocycles. The molecular formula is C29H37FN4O. The van der Waals surface area contributed by atoms with E-state index >= 15 is 0 Å². The standard InChI is InChI=1S/C29H37FN4O/c1-33(2)29(23-6-4-3-5-7-23)14-10-21(11-15-29)19-32-28(35)34-16-12-22(13-17-34)26-20-31-27-9-8-24(30)18-25(26)27/h3-9,18,20-22,31H,10-17,19H2,1-2H3,(H,32,35). The van der Waals surface area contributed by atoms with E-state index in [0.29, 0.717) is 11.8 Å². The Bertz CT molecular complexity index is 1140. The number of nitrogens with zero attached hydrogens (tertiary/aromatic N) is 2. The first-order valence-electron chi connectivity index (χ1n) is 13.0. The molecule has 1 aliphatic heterocycles. The Kier molecular flexibility index (Phi) is 6.83. The first kappa shape index (κ1) is 23.9. The van der Waals surface area contributed by atoms with Crippen molar-refractivity contribution in [3.8, 4) is 0 Å². The van der Waals surface area contributed by atoms with E-state index in [1.165, 1.54) is 17.2 Å². The highest BCUT2D eigenvalue weighted by molar-refractivity contribution is 5.84. The molecule has 2 aliphatic rings. The molecule has 0 atom stereocenters. The second-order valence-electron chi connectivity index (χ2n) is 10.6. The van der Waals surface area contributed by atoms with Gasteiger partial charge >= 0.3 is 6.03 Å². The predicted molar refractivity (Wildman–Crippen MR) is 139 cm³/mol. The number of hydrogen-bond donors (Lipinski definition) is 2. The van der Waals surface area contributed by atoms with E-state index < -0.39 is 0 Å². The number of carbonyl (C=O) groups excluding carboxylic acids is 1. The van der Waals surface area contributed by atoms with Crippen LogP contribution in [0.5, 0.6) is 0 Å². The Morgan fingerprint density at radius 3 is 2.49 bits per heavy atom. The first-order chi connectivity index (χ1) is 17.0. The third-order valence-electron chi connectivity index (χ3n) is 8.54. The van der Waals surface area contributed by atoms with E-state index in [9.17, 15) is 9.18 Å². The van der Waals surface area contributed by atoms with Gasteiger partial charge in [-0.2, -0.15) is 0 Å². The summed E-state index contributed by atoms with van der Waals surface area (Å²) < 4.78 is 13.8. The Morgan fingerprint density at radius 1 is 1.09 bits per heavy atom. The molecule has 0 unspecified atom stereocenters. The minimum Gasteiger partial charge on any atom is -0.361 e. The monoisotopic (exact) mass is 476 g/mol. The van der Waals surface area contributed by atoms with Crippen LogP contribution in [0.1, 0.15) is 55.6 Å². The Hall–Kier alpha value is -2.86. The smallest absolute Gasteiger partial charge is 0.317 e. The van der Waals surface area contributed by atoms with Gasteiger partial charge in [-0.3, -0.25) is 4.90 Å². The molecule has 0 bridgehead atoms. The van der Waals surface area contributed by atoms with E-state index in [2.05, 4.69) is 59.6 Å². The Morgan fingerprint density at radius 2 is 1.80 bits per heavy atom. The fraction of sp³-hybridized carbons (Fsp3) is 0.483. The van der Waals surface area contributed by atoms with Crippen molar-refractivity contribution in [2.75, 3.05) is 33.7 Å². The van der Waals surface area contributed by atoms with Crippen LogP contribution in [-0.2, 0) is 5.54 Å². The van der Waals surface area contributed by atoms with Crippen molar-refractivity contribution < 1.29 is 9.18 Å². The van der Waals surface area contributed by atoms with Crippen molar-refractivity contribution in [3.63, 3.8) is 0 Å². The molecule has 6 heteroatoms. The molecule has 2 aromatic carbocycles. The number of piperidine rings is 1. The Labute approximate surface area is 207 Å². The normalized spacial score (nSPS) is 23.7. The second-order valence-corrected chi connectivity index (χ2v) is 10.6. The summed E-state index contributed by atoms with van der Waals surface area (Å²) in [5.74, 6) is 0.670. The van der Waals surface area contributed by atoms with Crippen LogP contribution >= 0.6 is 0 Å². The topological polar surface area (TPSA) is 51.4 Å². The van der Waals surface area contributed by atoms with Gasteiger partial charge in [-0.25, -0.2) is 9.18 Å². The van der Waals surface area contributed by atoms with Crippen LogP contribution in [0.4, 0.5) is 9.18 Å². The summed E-state index contributed by atoms with van der Waals surface area (Å²) in [5.41, 5.74) is 3.63. The number of benzene rings is 2. The van der Waals surface area contributed by atoms with Gasteiger partial charge in [-0.1, -0.05) is 30.3 Å². The van der Waals surface area contributed by atoms with E-state index in [1.54, 1.807) is 12.1 Å². The maximum Gasteiger partial charge on any atom is 0.317 e. The van der Waals surface area contributed by atoms with Crippen LogP contribution in [0.25, 0.3) is 10.9 Å². The summed E-state index contributed by atoms with van der Waals surface area (Å²) in [6.07, 6.45) is 8.28. The second kappa shape index (κ2) is 10.0. The average molecular weight is 477 g/mol. The summed E-state index contributed by atoms with van der Waals surface area (Å²) in [4.78, 5) is 20.5. The minimum atomic E-state index is -0.204. The summed E-state index contributed by atoms with van der Waals surface area (Å²) in [6, 6.07) is 15.8. The molecule has 186 valence electrons. The number of likely N-dealkylation sites (tertiary alicyclic amines) is 1. The fourth-order valence-electron chi connectivity index (χ4n) is 6.29. The number of carbonyl (C=O) groups is 1. The van der Waals surface area contributed by atoms with Gasteiger partial charge in [0.25, 0.3) is 0 Å². The number of rotatable bonds is 5. The fourth-order valence-corrected chi connectivity index (χ4v) is 6.29. The molecule has 5 nitrogen and oxygen atoms in total. The molecule has 1 saturated carbocycles. The molecule has 5 rings (SSSR count). The van der Waals surface area contributed by atoms with Crippen molar-refractivity contribution in [3.05, 3.63) is 71.7 Å². The van der Waals surface area contributed by atoms with E-state index in [0.717, 1.165) is 69.1 Å². The van der Waals surface area contributed by atoms with Crippen LogP contribution in [0.2, 0.25) is 0 Å². The quantitative estimate of drug-likeness (QED) is 0.486. The van der Waals surface area contributed by atoms with Crippen molar-refractivity contribution in [2.24, 2.45) is 5.92 Å². The van der Waals surface area contributed by atoms with Crippen LogP contribution in [0.3, 0.4) is 0 Å². The first-order valence-corrected chi connectivity index (χ1v) is 13.0. The van der Waals surface area contributed by atoms with Crippen molar-refractivity contribution in [2.45, 2.75) is 50.0 Å². The molecular weight excluding hydrogens is 439 g/mol. The number of urea groups is 1. The molecule has 1 saturated heterocycles. The lowest BCUT2D eigenvalue weighted by Gasteiger charge is -2.45. The summed E-state index contributed by atoms with van der Waals surface area (Å²) in [5, 5.41) is 4.19. The average Bonchev–Trinajstić information content (AvgIpc) is 3.31. The summed E-state index contributed by atoms with van der Waals surface area (Å²) in [6.45, 7) is 2.22. The zero-order valence-electron chi connectivity index (χ0n) is 20.9. The SMILES string of the molecule is CN(C)C1(c2ccccc2)CCC(CNC(=O)N2CCC(c3c[nH]c4ccc(F)cc34)CC2)CC1. The van der Waals surface area contributed by atoms with Gasteiger partial charge in [0.15, 0.2) is 0 Å². The third kappa shape index (κ3) is 4.81. The zero-order valence-corrected chi connectivity index (χ0v) is 20.9. The molecule has 2 heterocycles. The highest BCUT2D eigenvalue weighted by atomic mass is 19.1. The lowest BCUT2D eigenvalue weighted by Crippen LogP contribution is -2.48. The van der Waals surface area contributed by atoms with Crippen molar-refractivity contribution in [1.29, 1.82) is 0 Å². The minimum absolute atomic E-state index is 0.0564.